The van der Waals surface area contributed by atoms with Gasteiger partial charge < -0.3 is 28.8 Å². The van der Waals surface area contributed by atoms with Crippen molar-refractivity contribution in [3.63, 3.8) is 0 Å². The van der Waals surface area contributed by atoms with Crippen molar-refractivity contribution in [3.8, 4) is 0 Å². The van der Waals surface area contributed by atoms with Crippen LogP contribution >= 0.6 is 0 Å². The van der Waals surface area contributed by atoms with Crippen LogP contribution in [0.2, 0.25) is 0 Å². The molecule has 0 aliphatic rings. The van der Waals surface area contributed by atoms with Gasteiger partial charge in [0.25, 0.3) is 0 Å². The van der Waals surface area contributed by atoms with Crippen molar-refractivity contribution in [2.75, 3.05) is 0 Å². The first kappa shape index (κ1) is 16.0. The number of rotatable bonds is 1. The Morgan fingerprint density at radius 3 is 1.71 bits per heavy atom. The molecular weight excluding hydrogens is 230 g/mol. The Hall–Kier alpha value is 2.04. The van der Waals surface area contributed by atoms with Crippen LogP contribution in [0.4, 0.5) is 0 Å². The molecule has 0 saturated carbocycles. The van der Waals surface area contributed by atoms with E-state index in [1.165, 1.54) is 0 Å². The van der Waals surface area contributed by atoms with Crippen LogP contribution in [0.1, 0.15) is 20.3 Å². The largest absolute Gasteiger partial charge is 1.00 e. The Morgan fingerprint density at radius 1 is 1.57 bits per heavy atom. The van der Waals surface area contributed by atoms with Crippen molar-refractivity contribution in [1.29, 1.82) is 0 Å². The van der Waals surface area contributed by atoms with E-state index >= 15 is 0 Å². The van der Waals surface area contributed by atoms with E-state index in [4.69, 9.17) is 0 Å². The molecule has 0 bridgehead atoms. The summed E-state index contributed by atoms with van der Waals surface area (Å²) >= 11 is 0. The van der Waals surface area contributed by atoms with Crippen molar-refractivity contribution in [2.24, 2.45) is 0 Å². The fraction of sp³-hybridized carbons (Fsp3) is 0.750. The maximum absolute atomic E-state index is 9.81. The van der Waals surface area contributed by atoms with Crippen LogP contribution in [-0.2, 0) is 4.79 Å². The zero-order valence-corrected chi connectivity index (χ0v) is 10.3. The second kappa shape index (κ2) is 10.9. The predicted molar refractivity (Wildman–Crippen MR) is 21.0 cm³/mol. The van der Waals surface area contributed by atoms with Crippen LogP contribution in [0.3, 0.4) is 0 Å². The van der Waals surface area contributed by atoms with E-state index < -0.39 is 0 Å². The van der Waals surface area contributed by atoms with Crippen LogP contribution < -0.4 is 75.4 Å². The maximum Gasteiger partial charge on any atom is 1.00 e. The SMILES string of the molecule is CCC(C)=O.[I-].[K+]. The van der Waals surface area contributed by atoms with E-state index in [-0.39, 0.29) is 81.1 Å². The molecule has 1 nitrogen and oxygen atoms in total. The molecule has 0 aromatic carbocycles. The Labute approximate surface area is 104 Å². The van der Waals surface area contributed by atoms with Gasteiger partial charge in [0, 0.05) is 6.42 Å². The molecule has 0 fully saturated rings. The van der Waals surface area contributed by atoms with Crippen molar-refractivity contribution >= 4 is 5.78 Å². The Morgan fingerprint density at radius 2 is 1.71 bits per heavy atom. The van der Waals surface area contributed by atoms with Gasteiger partial charge in [-0.2, -0.15) is 0 Å². The summed E-state index contributed by atoms with van der Waals surface area (Å²) in [6.45, 7) is 3.43. The minimum absolute atomic E-state index is 0. The summed E-state index contributed by atoms with van der Waals surface area (Å²) in [7, 11) is 0. The molecule has 0 heterocycles. The number of hydrogen-bond acceptors (Lipinski definition) is 1. The molecule has 7 heavy (non-hydrogen) atoms. The zero-order valence-electron chi connectivity index (χ0n) is 4.99. The maximum atomic E-state index is 9.81. The van der Waals surface area contributed by atoms with Gasteiger partial charge in [-0.1, -0.05) is 6.92 Å². The molecule has 38 valence electrons. The van der Waals surface area contributed by atoms with E-state index in [1.807, 2.05) is 6.92 Å². The second-order valence-corrected chi connectivity index (χ2v) is 1.06. The number of hydrogen-bond donors (Lipinski definition) is 0. The van der Waals surface area contributed by atoms with Crippen LogP contribution in [0.15, 0.2) is 0 Å². The summed E-state index contributed by atoms with van der Waals surface area (Å²) in [6.07, 6.45) is 0.667. The van der Waals surface area contributed by atoms with E-state index in [0.29, 0.717) is 6.42 Å². The molecule has 0 N–H and O–H groups in total. The van der Waals surface area contributed by atoms with Crippen LogP contribution in [0.5, 0.6) is 0 Å². The molecule has 3 heteroatoms. The average Bonchev–Trinajstić information content (AvgIpc) is 1.38. The molecule has 0 spiro atoms. The van der Waals surface area contributed by atoms with Gasteiger partial charge in [0.2, 0.25) is 0 Å². The van der Waals surface area contributed by atoms with Gasteiger partial charge in [0.05, 0.1) is 0 Å². The monoisotopic (exact) mass is 238 g/mol. The average molecular weight is 238 g/mol. The first-order valence-corrected chi connectivity index (χ1v) is 1.76. The Balaban J connectivity index is -0.0000000800. The quantitative estimate of drug-likeness (QED) is 0.330. The van der Waals surface area contributed by atoms with E-state index in [1.54, 1.807) is 6.92 Å². The number of carbonyl (C=O) groups excluding carboxylic acids is 1. The third-order valence-electron chi connectivity index (χ3n) is 0.498. The third kappa shape index (κ3) is 18.0. The van der Waals surface area contributed by atoms with Crippen LogP contribution in [0.25, 0.3) is 0 Å². The van der Waals surface area contributed by atoms with Crippen molar-refractivity contribution in [2.45, 2.75) is 20.3 Å². The molecule has 0 radical (unpaired) electrons. The number of ketones is 1. The molecule has 0 rings (SSSR count). The topological polar surface area (TPSA) is 17.1 Å². The van der Waals surface area contributed by atoms with Crippen molar-refractivity contribution < 1.29 is 80.2 Å². The second-order valence-electron chi connectivity index (χ2n) is 1.06. The first-order valence-electron chi connectivity index (χ1n) is 1.76. The molecule has 0 aromatic rings. The fourth-order valence-corrected chi connectivity index (χ4v) is 0. The van der Waals surface area contributed by atoms with Crippen molar-refractivity contribution in [1.82, 2.24) is 0 Å². The van der Waals surface area contributed by atoms with Gasteiger partial charge in [-0.15, -0.1) is 0 Å². The smallest absolute Gasteiger partial charge is 1.00 e. The minimum atomic E-state index is 0. The Kier molecular flexibility index (Phi) is 25.0. The summed E-state index contributed by atoms with van der Waals surface area (Å²) in [4.78, 5) is 9.81. The van der Waals surface area contributed by atoms with Crippen molar-refractivity contribution in [3.05, 3.63) is 0 Å². The van der Waals surface area contributed by atoms with Crippen LogP contribution in [0, 0.1) is 0 Å². The molecule has 0 aliphatic heterocycles. The van der Waals surface area contributed by atoms with Gasteiger partial charge in [-0.25, -0.2) is 0 Å². The van der Waals surface area contributed by atoms with Gasteiger partial charge in [-0.3, -0.25) is 0 Å². The molecular formula is C4H8IKO. The predicted octanol–water partition coefficient (Wildman–Crippen LogP) is -5.01. The first-order chi connectivity index (χ1) is 2.27. The standard InChI is InChI=1S/C4H8O.HI.K/c1-3-4(2)5;;/h3H2,1-2H3;1H;/q;;+1/p-1. The molecule has 0 amide bonds. The number of halogens is 1. The van der Waals surface area contributed by atoms with Gasteiger partial charge in [0.1, 0.15) is 5.78 Å². The van der Waals surface area contributed by atoms with Crippen LogP contribution in [-0.4, -0.2) is 5.78 Å². The summed E-state index contributed by atoms with van der Waals surface area (Å²) < 4.78 is 0. The van der Waals surface area contributed by atoms with E-state index in [9.17, 15) is 4.79 Å². The number of carbonyl (C=O) groups is 1. The van der Waals surface area contributed by atoms with Gasteiger partial charge in [-0.05, 0) is 6.92 Å². The molecule has 0 aliphatic carbocycles. The normalized spacial score (nSPS) is 5.43. The summed E-state index contributed by atoms with van der Waals surface area (Å²) in [5.41, 5.74) is 0. The number of Topliss-reactive ketones (excluding diaryl/α,β-unsaturated/α-hetero) is 1. The molecule has 0 unspecified atom stereocenters. The molecule has 0 atom stereocenters. The Bertz CT molecular complexity index is 47.0. The minimum Gasteiger partial charge on any atom is -1.00 e. The van der Waals surface area contributed by atoms with E-state index in [2.05, 4.69) is 0 Å². The summed E-state index contributed by atoms with van der Waals surface area (Å²) in [6, 6.07) is 0. The van der Waals surface area contributed by atoms with E-state index in [0.717, 1.165) is 0 Å². The third-order valence-corrected chi connectivity index (χ3v) is 0.498. The fourth-order valence-electron chi connectivity index (χ4n) is 0. The summed E-state index contributed by atoms with van der Waals surface area (Å²) in [5, 5.41) is 0. The zero-order chi connectivity index (χ0) is 4.28. The summed E-state index contributed by atoms with van der Waals surface area (Å²) in [5.74, 6) is 0.255. The van der Waals surface area contributed by atoms with Gasteiger partial charge >= 0.3 is 51.4 Å². The van der Waals surface area contributed by atoms with Gasteiger partial charge in [0.15, 0.2) is 0 Å². The molecule has 0 saturated heterocycles. The molecule has 0 aromatic heterocycles.